The summed E-state index contributed by atoms with van der Waals surface area (Å²) in [6.45, 7) is 0.735. The standard InChI is InChI=1S/C13H18N2O4/c1-18-8-4-7-15-12(16)9-19-13(17)10-5-2-3-6-11(10)14/h2-3,5-6H,4,7-9,14H2,1H3,(H,15,16). The number of para-hydroxylation sites is 1. The molecule has 0 aliphatic carbocycles. The molecule has 1 aromatic carbocycles. The minimum absolute atomic E-state index is 0.259. The minimum atomic E-state index is -0.606. The molecular formula is C13H18N2O4. The van der Waals surface area contributed by atoms with E-state index in [9.17, 15) is 9.59 Å². The third kappa shape index (κ3) is 5.39. The van der Waals surface area contributed by atoms with Crippen molar-refractivity contribution in [2.24, 2.45) is 0 Å². The second-order valence-corrected chi connectivity index (χ2v) is 3.86. The number of benzene rings is 1. The van der Waals surface area contributed by atoms with E-state index in [4.69, 9.17) is 15.2 Å². The summed E-state index contributed by atoms with van der Waals surface area (Å²) < 4.78 is 9.71. The monoisotopic (exact) mass is 266 g/mol. The number of methoxy groups -OCH3 is 1. The van der Waals surface area contributed by atoms with E-state index in [1.807, 2.05) is 0 Å². The van der Waals surface area contributed by atoms with Gasteiger partial charge >= 0.3 is 5.97 Å². The number of amides is 1. The molecule has 6 nitrogen and oxygen atoms in total. The molecule has 0 fully saturated rings. The van der Waals surface area contributed by atoms with E-state index in [0.717, 1.165) is 0 Å². The first-order valence-corrected chi connectivity index (χ1v) is 5.92. The summed E-state index contributed by atoms with van der Waals surface area (Å²) in [4.78, 5) is 23.0. The number of carbonyl (C=O) groups excluding carboxylic acids is 2. The molecule has 104 valence electrons. The highest BCUT2D eigenvalue weighted by Gasteiger charge is 2.12. The van der Waals surface area contributed by atoms with Crippen LogP contribution in [0, 0.1) is 0 Å². The Morgan fingerprint density at radius 3 is 2.74 bits per heavy atom. The summed E-state index contributed by atoms with van der Waals surface area (Å²) in [5.74, 6) is -0.955. The number of ether oxygens (including phenoxy) is 2. The molecule has 0 heterocycles. The molecule has 0 saturated carbocycles. The van der Waals surface area contributed by atoms with Crippen molar-refractivity contribution in [1.82, 2.24) is 5.32 Å². The van der Waals surface area contributed by atoms with Crippen LogP contribution in [0.5, 0.6) is 0 Å². The fourth-order valence-corrected chi connectivity index (χ4v) is 1.39. The van der Waals surface area contributed by atoms with Crippen LogP contribution in [-0.4, -0.2) is 38.7 Å². The number of rotatable bonds is 7. The van der Waals surface area contributed by atoms with Gasteiger partial charge in [0.1, 0.15) is 0 Å². The molecule has 0 aliphatic heterocycles. The lowest BCUT2D eigenvalue weighted by Crippen LogP contribution is -2.30. The number of nitrogens with two attached hydrogens (primary N) is 1. The summed E-state index contributed by atoms with van der Waals surface area (Å²) in [5, 5.41) is 2.61. The van der Waals surface area contributed by atoms with Gasteiger partial charge < -0.3 is 20.5 Å². The largest absolute Gasteiger partial charge is 0.452 e. The molecule has 3 N–H and O–H groups in total. The van der Waals surface area contributed by atoms with Crippen LogP contribution >= 0.6 is 0 Å². The van der Waals surface area contributed by atoms with Gasteiger partial charge in [-0.05, 0) is 18.6 Å². The lowest BCUT2D eigenvalue weighted by molar-refractivity contribution is -0.124. The summed E-state index contributed by atoms with van der Waals surface area (Å²) in [6.07, 6.45) is 0.710. The Labute approximate surface area is 111 Å². The maximum absolute atomic E-state index is 11.6. The molecule has 0 aliphatic rings. The predicted octanol–water partition coefficient (Wildman–Crippen LogP) is 0.578. The van der Waals surface area contributed by atoms with Crippen LogP contribution in [-0.2, 0) is 14.3 Å². The van der Waals surface area contributed by atoms with Crippen molar-refractivity contribution < 1.29 is 19.1 Å². The van der Waals surface area contributed by atoms with Gasteiger partial charge in [0.15, 0.2) is 6.61 Å². The van der Waals surface area contributed by atoms with E-state index in [1.165, 1.54) is 0 Å². The molecule has 0 unspecified atom stereocenters. The second-order valence-electron chi connectivity index (χ2n) is 3.86. The van der Waals surface area contributed by atoms with Crippen molar-refractivity contribution in [2.75, 3.05) is 32.6 Å². The van der Waals surface area contributed by atoms with Crippen molar-refractivity contribution in [3.8, 4) is 0 Å². The van der Waals surface area contributed by atoms with Crippen LogP contribution in [0.1, 0.15) is 16.8 Å². The minimum Gasteiger partial charge on any atom is -0.452 e. The first-order chi connectivity index (χ1) is 9.15. The molecule has 0 aromatic heterocycles. The molecule has 1 amide bonds. The van der Waals surface area contributed by atoms with E-state index in [1.54, 1.807) is 31.4 Å². The number of hydrogen-bond donors (Lipinski definition) is 2. The summed E-state index contributed by atoms with van der Waals surface area (Å²) in [6, 6.07) is 6.54. The molecule has 1 aromatic rings. The van der Waals surface area contributed by atoms with Gasteiger partial charge in [0.2, 0.25) is 0 Å². The molecule has 19 heavy (non-hydrogen) atoms. The molecule has 0 saturated heterocycles. The lowest BCUT2D eigenvalue weighted by Gasteiger charge is -2.07. The van der Waals surface area contributed by atoms with E-state index in [-0.39, 0.29) is 18.1 Å². The average molecular weight is 266 g/mol. The summed E-state index contributed by atoms with van der Waals surface area (Å²) >= 11 is 0. The van der Waals surface area contributed by atoms with E-state index in [0.29, 0.717) is 25.3 Å². The highest BCUT2D eigenvalue weighted by molar-refractivity contribution is 5.96. The van der Waals surface area contributed by atoms with Crippen LogP contribution in [0.15, 0.2) is 24.3 Å². The van der Waals surface area contributed by atoms with E-state index in [2.05, 4.69) is 5.32 Å². The number of nitrogens with one attached hydrogen (secondary N) is 1. The molecule has 0 bridgehead atoms. The van der Waals surface area contributed by atoms with Crippen molar-refractivity contribution in [3.05, 3.63) is 29.8 Å². The van der Waals surface area contributed by atoms with Gasteiger partial charge in [-0.15, -0.1) is 0 Å². The average Bonchev–Trinajstić information content (AvgIpc) is 2.41. The van der Waals surface area contributed by atoms with Crippen LogP contribution in [0.4, 0.5) is 5.69 Å². The van der Waals surface area contributed by atoms with E-state index >= 15 is 0 Å². The highest BCUT2D eigenvalue weighted by Crippen LogP contribution is 2.11. The fraction of sp³-hybridized carbons (Fsp3) is 0.385. The Hall–Kier alpha value is -2.08. The maximum Gasteiger partial charge on any atom is 0.340 e. The Kier molecular flexibility index (Phi) is 6.38. The third-order valence-electron chi connectivity index (χ3n) is 2.36. The smallest absolute Gasteiger partial charge is 0.340 e. The van der Waals surface area contributed by atoms with Crippen molar-refractivity contribution in [1.29, 1.82) is 0 Å². The Balaban J connectivity index is 2.30. The lowest BCUT2D eigenvalue weighted by atomic mass is 10.2. The molecule has 1 rings (SSSR count). The van der Waals surface area contributed by atoms with Crippen molar-refractivity contribution in [3.63, 3.8) is 0 Å². The Bertz CT molecular complexity index is 434. The molecule has 0 atom stereocenters. The number of carbonyl (C=O) groups is 2. The van der Waals surface area contributed by atoms with E-state index < -0.39 is 5.97 Å². The zero-order chi connectivity index (χ0) is 14.1. The number of anilines is 1. The van der Waals surface area contributed by atoms with Crippen LogP contribution in [0.3, 0.4) is 0 Å². The van der Waals surface area contributed by atoms with Gasteiger partial charge in [0.05, 0.1) is 5.56 Å². The van der Waals surface area contributed by atoms with Crippen LogP contribution < -0.4 is 11.1 Å². The van der Waals surface area contributed by atoms with Crippen LogP contribution in [0.2, 0.25) is 0 Å². The summed E-state index contributed by atoms with van der Waals surface area (Å²) in [7, 11) is 1.59. The molecule has 0 spiro atoms. The third-order valence-corrected chi connectivity index (χ3v) is 2.36. The quantitative estimate of drug-likeness (QED) is 0.428. The zero-order valence-electron chi connectivity index (χ0n) is 10.8. The van der Waals surface area contributed by atoms with Gasteiger partial charge in [0.25, 0.3) is 5.91 Å². The predicted molar refractivity (Wildman–Crippen MR) is 70.6 cm³/mol. The number of esters is 1. The van der Waals surface area contributed by atoms with Crippen LogP contribution in [0.25, 0.3) is 0 Å². The van der Waals surface area contributed by atoms with Crippen molar-refractivity contribution >= 4 is 17.6 Å². The number of nitrogen functional groups attached to an aromatic ring is 1. The topological polar surface area (TPSA) is 90.6 Å². The second kappa shape index (κ2) is 8.10. The Morgan fingerprint density at radius 2 is 2.05 bits per heavy atom. The SMILES string of the molecule is COCCCNC(=O)COC(=O)c1ccccc1N. The fourth-order valence-electron chi connectivity index (χ4n) is 1.39. The van der Waals surface area contributed by atoms with Gasteiger partial charge in [-0.2, -0.15) is 0 Å². The van der Waals surface area contributed by atoms with Gasteiger partial charge in [-0.1, -0.05) is 12.1 Å². The van der Waals surface area contributed by atoms with Crippen molar-refractivity contribution in [2.45, 2.75) is 6.42 Å². The Morgan fingerprint density at radius 1 is 1.32 bits per heavy atom. The highest BCUT2D eigenvalue weighted by atomic mass is 16.5. The molecule has 6 heteroatoms. The van der Waals surface area contributed by atoms with Gasteiger partial charge in [-0.3, -0.25) is 4.79 Å². The zero-order valence-corrected chi connectivity index (χ0v) is 10.8. The summed E-state index contributed by atoms with van der Waals surface area (Å²) in [5.41, 5.74) is 6.21. The van der Waals surface area contributed by atoms with Gasteiger partial charge in [-0.25, -0.2) is 4.79 Å². The first kappa shape index (κ1) is 15.0. The molecule has 0 radical (unpaired) electrons. The number of hydrogen-bond acceptors (Lipinski definition) is 5. The first-order valence-electron chi connectivity index (χ1n) is 5.92. The normalized spacial score (nSPS) is 9.95. The van der Waals surface area contributed by atoms with Gasteiger partial charge in [0, 0.05) is 25.9 Å². The molecular weight excluding hydrogens is 248 g/mol. The maximum atomic E-state index is 11.6.